The topological polar surface area (TPSA) is 40.6 Å². The molecule has 0 spiro atoms. The van der Waals surface area contributed by atoms with E-state index in [1.165, 1.54) is 32.4 Å². The first-order chi connectivity index (χ1) is 21.5. The number of carbonyl (C=O) groups excluding carboxylic acids is 2. The summed E-state index contributed by atoms with van der Waals surface area (Å²) in [6.45, 7) is 10.3. The Morgan fingerprint density at radius 1 is 0.636 bits per heavy atom. The smallest absolute Gasteiger partial charge is 0.260 e. The second-order valence-corrected chi connectivity index (χ2v) is 16.0. The Balaban J connectivity index is 1.48. The molecule has 44 heavy (non-hydrogen) atoms. The van der Waals surface area contributed by atoms with Crippen LogP contribution in [-0.2, 0) is 9.59 Å². The number of rotatable bonds is 14. The average Bonchev–Trinajstić information content (AvgIpc) is 3.87. The van der Waals surface area contributed by atoms with Crippen LogP contribution in [0.5, 0.6) is 0 Å². The maximum absolute atomic E-state index is 14.6. The van der Waals surface area contributed by atoms with E-state index in [4.69, 9.17) is 0 Å². The van der Waals surface area contributed by atoms with Gasteiger partial charge in [0.15, 0.2) is 0 Å². The molecule has 0 saturated heterocycles. The first-order valence-electron chi connectivity index (χ1n) is 16.2. The van der Waals surface area contributed by atoms with Crippen molar-refractivity contribution >= 4 is 79.7 Å². The molecule has 0 fully saturated rings. The Morgan fingerprint density at radius 2 is 1.07 bits per heavy atom. The zero-order valence-corrected chi connectivity index (χ0v) is 29.5. The van der Waals surface area contributed by atoms with Gasteiger partial charge in [-0.25, -0.2) is 0 Å². The molecule has 0 saturated carbocycles. The van der Waals surface area contributed by atoms with Gasteiger partial charge in [0.25, 0.3) is 11.8 Å². The highest BCUT2D eigenvalue weighted by Gasteiger charge is 2.45. The van der Waals surface area contributed by atoms with Gasteiger partial charge >= 0.3 is 0 Å². The summed E-state index contributed by atoms with van der Waals surface area (Å²) in [5.74, 6) is 0.866. The molecule has 6 heterocycles. The molecule has 4 aromatic rings. The zero-order valence-electron chi connectivity index (χ0n) is 26.2. The number of hydrogen-bond acceptors (Lipinski definition) is 6. The fraction of sp³-hybridized carbons (Fsp3) is 0.444. The van der Waals surface area contributed by atoms with Crippen molar-refractivity contribution in [3.05, 3.63) is 56.9 Å². The van der Waals surface area contributed by atoms with Crippen LogP contribution in [0.15, 0.2) is 47.2 Å². The molecule has 2 aliphatic rings. The second-order valence-electron chi connectivity index (χ2n) is 12.0. The van der Waals surface area contributed by atoms with Gasteiger partial charge in [-0.2, -0.15) is 0 Å². The molecule has 2 unspecified atom stereocenters. The molecular formula is C36H42N2O2S4. The molecule has 0 bridgehead atoms. The molecule has 2 atom stereocenters. The molecule has 0 radical (unpaired) electrons. The molecular weight excluding hydrogens is 621 g/mol. The highest BCUT2D eigenvalue weighted by atomic mass is 32.1. The number of unbranched alkanes of at least 4 members (excludes halogenated alkanes) is 2. The molecule has 8 heteroatoms. The van der Waals surface area contributed by atoms with Crippen LogP contribution in [0.2, 0.25) is 0 Å². The zero-order chi connectivity index (χ0) is 30.8. The van der Waals surface area contributed by atoms with E-state index in [2.05, 4.69) is 74.9 Å². The lowest BCUT2D eigenvalue weighted by Crippen LogP contribution is -2.34. The summed E-state index contributed by atoms with van der Waals surface area (Å²) in [4.78, 5) is 39.8. The van der Waals surface area contributed by atoms with E-state index in [1.54, 1.807) is 45.3 Å². The Hall–Kier alpha value is -2.52. The second kappa shape index (κ2) is 13.9. The van der Waals surface area contributed by atoms with E-state index in [1.807, 2.05) is 9.80 Å². The minimum Gasteiger partial charge on any atom is -0.307 e. The van der Waals surface area contributed by atoms with Gasteiger partial charge in [0.1, 0.15) is 0 Å². The number of amides is 2. The van der Waals surface area contributed by atoms with Gasteiger partial charge in [-0.15, -0.1) is 45.3 Å². The van der Waals surface area contributed by atoms with Crippen molar-refractivity contribution in [1.82, 2.24) is 0 Å². The predicted octanol–water partition coefficient (Wildman–Crippen LogP) is 11.3. The SMILES string of the molecule is CCCCC(CC)CN1C(=O)/C(=C2/C(=O)N(CC(CC)CCCC)c3cc(-c4cccs4)sc32)c2sc(-c3cccs3)cc21. The fourth-order valence-corrected chi connectivity index (χ4v) is 10.5. The van der Waals surface area contributed by atoms with Crippen molar-refractivity contribution in [2.45, 2.75) is 79.1 Å². The normalized spacial score (nSPS) is 17.5. The van der Waals surface area contributed by atoms with Crippen LogP contribution < -0.4 is 9.80 Å². The Kier molecular flexibility index (Phi) is 9.91. The third-order valence-electron chi connectivity index (χ3n) is 9.12. The predicted molar refractivity (Wildman–Crippen MR) is 193 cm³/mol. The molecule has 4 aromatic heterocycles. The quantitative estimate of drug-likeness (QED) is 0.126. The maximum Gasteiger partial charge on any atom is 0.260 e. The summed E-state index contributed by atoms with van der Waals surface area (Å²) in [5, 5.41) is 4.21. The number of hydrogen-bond donors (Lipinski definition) is 0. The monoisotopic (exact) mass is 662 g/mol. The standard InChI is InChI=1S/C36H42N2O2S4/c1-5-9-13-23(7-3)21-37-25-19-29(27-15-11-17-41-27)43-33(25)31(35(37)39)32-34-26(20-30(44-34)28-16-12-18-42-28)38(36(32)40)22-24(8-4)14-10-6-2/h11-12,15-20,23-24H,5-10,13-14,21-22H2,1-4H3/b32-31+. The van der Waals surface area contributed by atoms with Crippen molar-refractivity contribution in [2.24, 2.45) is 11.8 Å². The van der Waals surface area contributed by atoms with Crippen LogP contribution in [0, 0.1) is 11.8 Å². The fourth-order valence-electron chi connectivity index (χ4n) is 6.44. The number of anilines is 2. The summed E-state index contributed by atoms with van der Waals surface area (Å²) in [7, 11) is 0. The number of fused-ring (bicyclic) bond motifs is 2. The van der Waals surface area contributed by atoms with Gasteiger partial charge < -0.3 is 9.80 Å². The third kappa shape index (κ3) is 5.91. The van der Waals surface area contributed by atoms with Gasteiger partial charge in [0.2, 0.25) is 0 Å². The van der Waals surface area contributed by atoms with E-state index in [0.29, 0.717) is 36.1 Å². The van der Waals surface area contributed by atoms with Crippen LogP contribution in [0.3, 0.4) is 0 Å². The van der Waals surface area contributed by atoms with Crippen molar-refractivity contribution in [3.63, 3.8) is 0 Å². The minimum atomic E-state index is -0.000763. The van der Waals surface area contributed by atoms with Gasteiger partial charge in [-0.1, -0.05) is 78.4 Å². The average molecular weight is 663 g/mol. The number of nitrogens with zero attached hydrogens (tertiary/aromatic N) is 2. The molecule has 0 aromatic carbocycles. The summed E-state index contributed by atoms with van der Waals surface area (Å²) >= 11 is 6.79. The summed E-state index contributed by atoms with van der Waals surface area (Å²) in [6.07, 6.45) is 8.94. The van der Waals surface area contributed by atoms with E-state index in [9.17, 15) is 9.59 Å². The van der Waals surface area contributed by atoms with Crippen LogP contribution >= 0.6 is 45.3 Å². The van der Waals surface area contributed by atoms with Crippen molar-refractivity contribution in [3.8, 4) is 19.5 Å². The molecule has 2 amide bonds. The summed E-state index contributed by atoms with van der Waals surface area (Å²) < 4.78 is 0. The van der Waals surface area contributed by atoms with Gasteiger partial charge in [-0.3, -0.25) is 9.59 Å². The Labute approximate surface area is 278 Å². The van der Waals surface area contributed by atoms with Gasteiger partial charge in [-0.05, 0) is 59.7 Å². The lowest BCUT2D eigenvalue weighted by atomic mass is 9.98. The highest BCUT2D eigenvalue weighted by Crippen LogP contribution is 2.55. The summed E-state index contributed by atoms with van der Waals surface area (Å²) in [5.41, 5.74) is 3.21. The van der Waals surface area contributed by atoms with Gasteiger partial charge in [0, 0.05) is 32.6 Å². The molecule has 0 N–H and O–H groups in total. The lowest BCUT2D eigenvalue weighted by Gasteiger charge is -2.24. The molecule has 232 valence electrons. The van der Waals surface area contributed by atoms with Crippen molar-refractivity contribution in [2.75, 3.05) is 22.9 Å². The van der Waals surface area contributed by atoms with Crippen molar-refractivity contribution < 1.29 is 9.59 Å². The summed E-state index contributed by atoms with van der Waals surface area (Å²) in [6, 6.07) is 12.9. The van der Waals surface area contributed by atoms with E-state index >= 15 is 0 Å². The lowest BCUT2D eigenvalue weighted by molar-refractivity contribution is -0.114. The van der Waals surface area contributed by atoms with Crippen LogP contribution in [-0.4, -0.2) is 24.9 Å². The molecule has 2 aliphatic heterocycles. The van der Waals surface area contributed by atoms with Gasteiger partial charge in [0.05, 0.1) is 32.3 Å². The number of carbonyl (C=O) groups is 2. The molecule has 0 aliphatic carbocycles. The first-order valence-corrected chi connectivity index (χ1v) is 19.6. The third-order valence-corrected chi connectivity index (χ3v) is 13.5. The van der Waals surface area contributed by atoms with E-state index in [0.717, 1.165) is 59.7 Å². The highest BCUT2D eigenvalue weighted by molar-refractivity contribution is 7.24. The van der Waals surface area contributed by atoms with Crippen LogP contribution in [0.25, 0.3) is 30.7 Å². The Bertz CT molecular complexity index is 1510. The van der Waals surface area contributed by atoms with Crippen LogP contribution in [0.1, 0.15) is 88.8 Å². The van der Waals surface area contributed by atoms with E-state index in [-0.39, 0.29) is 11.8 Å². The van der Waals surface area contributed by atoms with Crippen molar-refractivity contribution in [1.29, 1.82) is 0 Å². The first kappa shape index (κ1) is 31.5. The maximum atomic E-state index is 14.6. The molecule has 4 nitrogen and oxygen atoms in total. The largest absolute Gasteiger partial charge is 0.307 e. The number of thiophene rings is 4. The minimum absolute atomic E-state index is 0.000763. The van der Waals surface area contributed by atoms with E-state index < -0.39 is 0 Å². The Morgan fingerprint density at radius 3 is 1.41 bits per heavy atom. The van der Waals surface area contributed by atoms with Crippen LogP contribution in [0.4, 0.5) is 11.4 Å². The molecule has 6 rings (SSSR count).